The predicted octanol–water partition coefficient (Wildman–Crippen LogP) is 9.01. The number of alkyl carbamates (subject to hydrolysis) is 1. The van der Waals surface area contributed by atoms with Crippen molar-refractivity contribution >= 4 is 47.5 Å². The molecule has 4 N–H and O–H groups in total. The lowest BCUT2D eigenvalue weighted by Gasteiger charge is -2.30. The molecule has 0 saturated carbocycles. The van der Waals surface area contributed by atoms with Gasteiger partial charge in [-0.15, -0.1) is 0 Å². The van der Waals surface area contributed by atoms with E-state index in [0.717, 1.165) is 28.7 Å². The number of rotatable bonds is 14. The van der Waals surface area contributed by atoms with E-state index in [-0.39, 0.29) is 46.5 Å². The summed E-state index contributed by atoms with van der Waals surface area (Å²) in [7, 11) is 1.14. The molecule has 6 rings (SSSR count). The summed E-state index contributed by atoms with van der Waals surface area (Å²) in [6.07, 6.45) is -4.50. The van der Waals surface area contributed by atoms with Crippen molar-refractivity contribution in [2.24, 2.45) is 29.6 Å². The number of amides is 3. The minimum Gasteiger partial charge on any atom is -0.453 e. The van der Waals surface area contributed by atoms with Crippen molar-refractivity contribution in [2.75, 3.05) is 26.8 Å². The molecule has 2 aliphatic rings. The molecule has 2 aromatic carbocycles. The second-order valence-electron chi connectivity index (χ2n) is 16.3. The molecule has 0 aliphatic carbocycles. The van der Waals surface area contributed by atoms with Crippen molar-refractivity contribution in [3.63, 3.8) is 0 Å². The first-order chi connectivity index (χ1) is 28.9. The van der Waals surface area contributed by atoms with Gasteiger partial charge in [0, 0.05) is 24.2 Å². The van der Waals surface area contributed by atoms with Gasteiger partial charge in [0.2, 0.25) is 18.2 Å². The van der Waals surface area contributed by atoms with Gasteiger partial charge in [0.1, 0.15) is 24.3 Å². The van der Waals surface area contributed by atoms with E-state index in [4.69, 9.17) is 33.5 Å². The minimum atomic E-state index is -4.57. The van der Waals surface area contributed by atoms with Crippen molar-refractivity contribution in [1.29, 1.82) is 5.41 Å². The van der Waals surface area contributed by atoms with E-state index in [1.165, 1.54) is 0 Å². The molecule has 6 atom stereocenters. The highest BCUT2D eigenvalue weighted by Gasteiger charge is 2.51. The van der Waals surface area contributed by atoms with E-state index in [1.807, 2.05) is 67.3 Å². The number of nitrogens with zero attached hydrogens (tertiary/aromatic N) is 4. The summed E-state index contributed by atoms with van der Waals surface area (Å²) in [5.74, 6) is -2.63. The molecule has 0 radical (unpaired) electrons. The fourth-order valence-corrected chi connectivity index (χ4v) is 8.50. The highest BCUT2D eigenvalue weighted by molar-refractivity contribution is 6.32. The van der Waals surface area contributed by atoms with E-state index in [1.54, 1.807) is 13.8 Å². The number of carbonyl (C=O) groups excluding carboxylic acids is 3. The van der Waals surface area contributed by atoms with Crippen molar-refractivity contribution in [3.05, 3.63) is 70.5 Å². The van der Waals surface area contributed by atoms with Crippen LogP contribution in [0.2, 0.25) is 10.3 Å². The molecule has 2 aliphatic heterocycles. The Bertz CT molecular complexity index is 2200. The zero-order valence-corrected chi connectivity index (χ0v) is 36.0. The number of aromatic nitrogens is 4. The summed E-state index contributed by atoms with van der Waals surface area (Å²) in [6, 6.07) is 12.5. The molecule has 14 nitrogen and oxygen atoms in total. The SMILES string of the molecule is COC(=O)N[C@H](C(=O)N1C[C@@H](C(F)(F)F)C[C@H]1c1nc(Cl)c(-c2ccc(-c3ccc(-c4[nH]c([C@@H]5C[C@H](C)CN5C(=O)[C@@H](COOC=N)C(C)C)nc4Cl)cc3)cc2)[nH]1)C(C)C. The first-order valence-electron chi connectivity index (χ1n) is 19.9. The van der Waals surface area contributed by atoms with Gasteiger partial charge in [-0.3, -0.25) is 15.0 Å². The lowest BCUT2D eigenvalue weighted by molar-refractivity contribution is -0.229. The maximum Gasteiger partial charge on any atom is 0.407 e. The number of H-pyrrole nitrogens is 2. The summed E-state index contributed by atoms with van der Waals surface area (Å²) in [5, 5.41) is 9.79. The average molecular weight is 890 g/mol. The Balaban J connectivity index is 1.18. The van der Waals surface area contributed by atoms with Crippen LogP contribution in [0.3, 0.4) is 0 Å². The molecule has 0 unspecified atom stereocenters. The van der Waals surface area contributed by atoms with E-state index in [9.17, 15) is 27.6 Å². The minimum absolute atomic E-state index is 0.0107. The van der Waals surface area contributed by atoms with Crippen molar-refractivity contribution in [3.8, 4) is 33.6 Å². The van der Waals surface area contributed by atoms with Gasteiger partial charge in [0.15, 0.2) is 10.3 Å². The molecule has 61 heavy (non-hydrogen) atoms. The van der Waals surface area contributed by atoms with Crippen molar-refractivity contribution in [1.82, 2.24) is 35.1 Å². The molecule has 0 bridgehead atoms. The maximum absolute atomic E-state index is 14.0. The number of imidazole rings is 2. The summed E-state index contributed by atoms with van der Waals surface area (Å²) >= 11 is 13.3. The Morgan fingerprint density at radius 1 is 0.836 bits per heavy atom. The zero-order chi connectivity index (χ0) is 44.3. The van der Waals surface area contributed by atoms with Gasteiger partial charge < -0.3 is 34.7 Å². The van der Waals surface area contributed by atoms with E-state index in [2.05, 4.69) is 41.8 Å². The summed E-state index contributed by atoms with van der Waals surface area (Å²) < 4.78 is 46.8. The molecule has 328 valence electrons. The molecular weight excluding hydrogens is 840 g/mol. The van der Waals surface area contributed by atoms with E-state index < -0.39 is 61.0 Å². The largest absolute Gasteiger partial charge is 0.453 e. The maximum atomic E-state index is 14.0. The molecule has 2 aromatic heterocycles. The zero-order valence-electron chi connectivity index (χ0n) is 34.5. The van der Waals surface area contributed by atoms with Crippen LogP contribution in [0.25, 0.3) is 33.6 Å². The van der Waals surface area contributed by atoms with Crippen LogP contribution in [0.1, 0.15) is 71.2 Å². The number of hydrogen-bond donors (Lipinski definition) is 4. The van der Waals surface area contributed by atoms with Crippen molar-refractivity contribution in [2.45, 2.75) is 71.8 Å². The van der Waals surface area contributed by atoms with Crippen LogP contribution in [0.4, 0.5) is 18.0 Å². The number of alkyl halides is 3. The molecular formula is C42H49Cl2F3N8O6. The topological polar surface area (TPSA) is 179 Å². The third-order valence-electron chi connectivity index (χ3n) is 11.4. The Labute approximate surface area is 361 Å². The third-order valence-corrected chi connectivity index (χ3v) is 11.9. The van der Waals surface area contributed by atoms with Crippen LogP contribution in [0, 0.1) is 35.0 Å². The first kappa shape index (κ1) is 45.4. The number of ether oxygens (including phenoxy) is 1. The van der Waals surface area contributed by atoms with Crippen LogP contribution < -0.4 is 5.32 Å². The second-order valence-corrected chi connectivity index (χ2v) is 17.0. The summed E-state index contributed by atoms with van der Waals surface area (Å²) in [6.45, 7) is 9.25. The number of hydrogen-bond acceptors (Lipinski definition) is 9. The molecule has 4 heterocycles. The number of methoxy groups -OCH3 is 1. The van der Waals surface area contributed by atoms with Crippen LogP contribution in [0.15, 0.2) is 48.5 Å². The number of nitrogens with one attached hydrogen (secondary N) is 4. The number of halogens is 5. The Morgan fingerprint density at radius 3 is 1.79 bits per heavy atom. The van der Waals surface area contributed by atoms with Gasteiger partial charge in [-0.25, -0.2) is 14.8 Å². The summed E-state index contributed by atoms with van der Waals surface area (Å²) in [4.78, 5) is 67.6. The Hall–Kier alpha value is -5.13. The predicted molar refractivity (Wildman–Crippen MR) is 222 cm³/mol. The summed E-state index contributed by atoms with van der Waals surface area (Å²) in [5.41, 5.74) is 4.15. The lowest BCUT2D eigenvalue weighted by atomic mass is 9.95. The number of benzene rings is 2. The molecule has 2 saturated heterocycles. The molecule has 4 aromatic rings. The second kappa shape index (κ2) is 18.9. The normalized spacial score (nSPS) is 20.3. The molecule has 0 spiro atoms. The fourth-order valence-electron chi connectivity index (χ4n) is 8.01. The highest BCUT2D eigenvalue weighted by atomic mass is 35.5. The van der Waals surface area contributed by atoms with E-state index >= 15 is 0 Å². The van der Waals surface area contributed by atoms with Crippen LogP contribution in [-0.2, 0) is 24.1 Å². The Kier molecular flexibility index (Phi) is 14.0. The molecule has 19 heteroatoms. The number of aromatic amines is 2. The van der Waals surface area contributed by atoms with E-state index in [0.29, 0.717) is 42.1 Å². The standard InChI is InChI=1S/C42H49Cl2F3N8O6/c1-21(2)29(19-60-61-20-48)39(56)54-17-23(5)15-30(54)37-49-33(35(43)52-37)26-11-7-24(8-12-26)25-9-13-27(14-10-25)34-36(44)53-38(50-34)31-16-28(42(45,46)47)18-55(31)40(57)32(22(3)4)51-41(58)59-6/h7-14,20-23,28-32,48H,15-19H2,1-6H3,(H,49,52)(H,50,53)(H,51,58)/t23-,28-,29-,30-,31-,32-/m0/s1. The third kappa shape index (κ3) is 10.00. The quantitative estimate of drug-likeness (QED) is 0.0319. The van der Waals surface area contributed by atoms with Gasteiger partial charge in [-0.2, -0.15) is 18.1 Å². The number of carbonyl (C=O) groups is 3. The number of likely N-dealkylation sites (tertiary alicyclic amines) is 2. The monoisotopic (exact) mass is 888 g/mol. The highest BCUT2D eigenvalue weighted by Crippen LogP contribution is 2.44. The Morgan fingerprint density at radius 2 is 1.33 bits per heavy atom. The van der Waals surface area contributed by atoms with Crippen molar-refractivity contribution < 1.29 is 42.1 Å². The first-order valence-corrected chi connectivity index (χ1v) is 20.7. The molecule has 2 fully saturated rings. The van der Waals surface area contributed by atoms with Crippen LogP contribution in [-0.4, -0.2) is 93.1 Å². The average Bonchev–Trinajstić information content (AvgIpc) is 4.02. The van der Waals surface area contributed by atoms with Crippen LogP contribution in [0.5, 0.6) is 0 Å². The fraction of sp³-hybridized carbons (Fsp3) is 0.476. The van der Waals surface area contributed by atoms with Gasteiger partial charge in [0.05, 0.1) is 42.4 Å². The van der Waals surface area contributed by atoms with Gasteiger partial charge in [-0.05, 0) is 41.7 Å². The van der Waals surface area contributed by atoms with Crippen LogP contribution >= 0.6 is 23.2 Å². The molecule has 3 amide bonds. The van der Waals surface area contributed by atoms with Gasteiger partial charge in [0.25, 0.3) is 0 Å². The smallest absolute Gasteiger partial charge is 0.407 e. The van der Waals surface area contributed by atoms with Gasteiger partial charge in [-0.1, -0.05) is 106 Å². The lowest BCUT2D eigenvalue weighted by Crippen LogP contribution is -2.51. The van der Waals surface area contributed by atoms with Gasteiger partial charge >= 0.3 is 12.3 Å².